The summed E-state index contributed by atoms with van der Waals surface area (Å²) in [5.74, 6) is -2.99. The van der Waals surface area contributed by atoms with Gasteiger partial charge in [0.1, 0.15) is 0 Å². The van der Waals surface area contributed by atoms with Crippen molar-refractivity contribution in [2.45, 2.75) is 25.7 Å². The number of nitrogens with one attached hydrogen (secondary N) is 1. The largest absolute Gasteiger partial charge is 0.351 e. The molecule has 1 aromatic carbocycles. The third kappa shape index (κ3) is 4.97. The summed E-state index contributed by atoms with van der Waals surface area (Å²) >= 11 is 0. The SMILES string of the molecule is O=C(NCCS(=O)(=O)N1CCCCCC1)c1ccc(F)c(F)c1. The van der Waals surface area contributed by atoms with E-state index in [0.717, 1.165) is 43.9 Å². The van der Waals surface area contributed by atoms with Gasteiger partial charge in [-0.25, -0.2) is 21.5 Å². The van der Waals surface area contributed by atoms with Gasteiger partial charge in [0.2, 0.25) is 10.0 Å². The molecule has 0 aliphatic carbocycles. The van der Waals surface area contributed by atoms with Crippen LogP contribution in [0, 0.1) is 11.6 Å². The number of halogens is 2. The molecule has 0 radical (unpaired) electrons. The molecule has 0 atom stereocenters. The summed E-state index contributed by atoms with van der Waals surface area (Å²) in [6.45, 7) is 0.954. The molecule has 5 nitrogen and oxygen atoms in total. The molecule has 1 N–H and O–H groups in total. The van der Waals surface area contributed by atoms with Crippen molar-refractivity contribution < 1.29 is 22.0 Å². The predicted molar refractivity (Wildman–Crippen MR) is 82.5 cm³/mol. The second-order valence-corrected chi connectivity index (χ2v) is 7.60. The standard InChI is InChI=1S/C15H20F2N2O3S/c16-13-6-5-12(11-14(13)17)15(20)18-7-10-23(21,22)19-8-3-1-2-4-9-19/h5-6,11H,1-4,7-10H2,(H,18,20). The smallest absolute Gasteiger partial charge is 0.251 e. The lowest BCUT2D eigenvalue weighted by molar-refractivity contribution is 0.0955. The van der Waals surface area contributed by atoms with E-state index in [1.165, 1.54) is 4.31 Å². The molecule has 128 valence electrons. The van der Waals surface area contributed by atoms with Crippen LogP contribution in [0.15, 0.2) is 18.2 Å². The number of rotatable bonds is 5. The molecule has 1 heterocycles. The first kappa shape index (κ1) is 17.8. The van der Waals surface area contributed by atoms with Gasteiger partial charge in [0.05, 0.1) is 5.75 Å². The summed E-state index contributed by atoms with van der Waals surface area (Å²) in [6, 6.07) is 2.79. The molecule has 0 spiro atoms. The Labute approximate surface area is 134 Å². The Hall–Kier alpha value is -1.54. The first-order valence-electron chi connectivity index (χ1n) is 7.61. The van der Waals surface area contributed by atoms with Crippen molar-refractivity contribution in [3.05, 3.63) is 35.4 Å². The number of benzene rings is 1. The van der Waals surface area contributed by atoms with Crippen LogP contribution < -0.4 is 5.32 Å². The van der Waals surface area contributed by atoms with E-state index in [1.54, 1.807) is 0 Å². The number of carbonyl (C=O) groups is 1. The number of hydrogen-bond donors (Lipinski definition) is 1. The fourth-order valence-electron chi connectivity index (χ4n) is 2.48. The lowest BCUT2D eigenvalue weighted by Crippen LogP contribution is -2.38. The number of hydrogen-bond acceptors (Lipinski definition) is 3. The average Bonchev–Trinajstić information content (AvgIpc) is 2.79. The normalized spacial score (nSPS) is 16.8. The third-order valence-electron chi connectivity index (χ3n) is 3.79. The predicted octanol–water partition coefficient (Wildman–Crippen LogP) is 1.90. The van der Waals surface area contributed by atoms with Crippen LogP contribution in [0.2, 0.25) is 0 Å². The summed E-state index contributed by atoms with van der Waals surface area (Å²) < 4.78 is 51.8. The number of sulfonamides is 1. The van der Waals surface area contributed by atoms with Crippen LogP contribution in [0.3, 0.4) is 0 Å². The van der Waals surface area contributed by atoms with Crippen LogP contribution in [-0.4, -0.2) is 44.0 Å². The summed E-state index contributed by atoms with van der Waals surface area (Å²) in [5.41, 5.74) is -0.0453. The van der Waals surface area contributed by atoms with Gasteiger partial charge in [-0.2, -0.15) is 0 Å². The average molecular weight is 346 g/mol. The molecule has 23 heavy (non-hydrogen) atoms. The molecule has 0 bridgehead atoms. The zero-order valence-electron chi connectivity index (χ0n) is 12.7. The van der Waals surface area contributed by atoms with Gasteiger partial charge < -0.3 is 5.32 Å². The van der Waals surface area contributed by atoms with E-state index < -0.39 is 27.6 Å². The van der Waals surface area contributed by atoms with Crippen molar-refractivity contribution >= 4 is 15.9 Å². The zero-order chi connectivity index (χ0) is 16.9. The highest BCUT2D eigenvalue weighted by molar-refractivity contribution is 7.89. The summed E-state index contributed by atoms with van der Waals surface area (Å²) in [4.78, 5) is 11.8. The number of carbonyl (C=O) groups excluding carboxylic acids is 1. The molecule has 1 saturated heterocycles. The highest BCUT2D eigenvalue weighted by Gasteiger charge is 2.22. The lowest BCUT2D eigenvalue weighted by Gasteiger charge is -2.19. The molecule has 1 fully saturated rings. The van der Waals surface area contributed by atoms with Gasteiger partial charge >= 0.3 is 0 Å². The monoisotopic (exact) mass is 346 g/mol. The van der Waals surface area contributed by atoms with E-state index in [4.69, 9.17) is 0 Å². The quantitative estimate of drug-likeness (QED) is 0.885. The van der Waals surface area contributed by atoms with E-state index in [9.17, 15) is 22.0 Å². The van der Waals surface area contributed by atoms with Crippen LogP contribution in [0.5, 0.6) is 0 Å². The molecule has 0 unspecified atom stereocenters. The minimum absolute atomic E-state index is 0.0453. The maximum absolute atomic E-state index is 13.1. The van der Waals surface area contributed by atoms with Crippen molar-refractivity contribution in [2.75, 3.05) is 25.4 Å². The Morgan fingerprint density at radius 1 is 1.09 bits per heavy atom. The molecule has 0 saturated carbocycles. The van der Waals surface area contributed by atoms with Gasteiger partial charge in [-0.1, -0.05) is 12.8 Å². The molecule has 1 aliphatic heterocycles. The van der Waals surface area contributed by atoms with E-state index in [0.29, 0.717) is 13.1 Å². The van der Waals surface area contributed by atoms with Crippen molar-refractivity contribution in [1.82, 2.24) is 9.62 Å². The second-order valence-electron chi connectivity index (χ2n) is 5.51. The van der Waals surface area contributed by atoms with E-state index in [1.807, 2.05) is 0 Å². The van der Waals surface area contributed by atoms with E-state index >= 15 is 0 Å². The van der Waals surface area contributed by atoms with Crippen LogP contribution in [0.1, 0.15) is 36.0 Å². The third-order valence-corrected chi connectivity index (χ3v) is 5.66. The summed E-state index contributed by atoms with van der Waals surface area (Å²) in [5, 5.41) is 2.42. The van der Waals surface area contributed by atoms with E-state index in [2.05, 4.69) is 5.32 Å². The highest BCUT2D eigenvalue weighted by atomic mass is 32.2. The molecule has 1 aromatic rings. The molecular formula is C15H20F2N2O3S. The summed E-state index contributed by atoms with van der Waals surface area (Å²) in [6.07, 6.45) is 3.75. The molecular weight excluding hydrogens is 326 g/mol. The Morgan fingerprint density at radius 2 is 1.74 bits per heavy atom. The first-order chi connectivity index (χ1) is 10.9. The van der Waals surface area contributed by atoms with E-state index in [-0.39, 0.29) is 17.9 Å². The zero-order valence-corrected chi connectivity index (χ0v) is 13.5. The van der Waals surface area contributed by atoms with Crippen LogP contribution in [-0.2, 0) is 10.0 Å². The van der Waals surface area contributed by atoms with Crippen LogP contribution in [0.25, 0.3) is 0 Å². The Morgan fingerprint density at radius 3 is 2.35 bits per heavy atom. The maximum Gasteiger partial charge on any atom is 0.251 e. The minimum atomic E-state index is -3.41. The molecule has 8 heteroatoms. The van der Waals surface area contributed by atoms with Gasteiger partial charge in [-0.3, -0.25) is 4.79 Å². The Balaban J connectivity index is 1.87. The fourth-order valence-corrected chi connectivity index (χ4v) is 3.91. The van der Waals surface area contributed by atoms with Gasteiger partial charge in [0.25, 0.3) is 5.91 Å². The molecule has 0 aromatic heterocycles. The van der Waals surface area contributed by atoms with Crippen molar-refractivity contribution in [1.29, 1.82) is 0 Å². The van der Waals surface area contributed by atoms with Crippen LogP contribution in [0.4, 0.5) is 8.78 Å². The lowest BCUT2D eigenvalue weighted by atomic mass is 10.2. The van der Waals surface area contributed by atoms with Gasteiger partial charge in [0.15, 0.2) is 11.6 Å². The topological polar surface area (TPSA) is 66.5 Å². The first-order valence-corrected chi connectivity index (χ1v) is 9.22. The molecule has 2 rings (SSSR count). The van der Waals surface area contributed by atoms with Crippen LogP contribution >= 0.6 is 0 Å². The number of amides is 1. The van der Waals surface area contributed by atoms with Gasteiger partial charge in [-0.15, -0.1) is 0 Å². The summed E-state index contributed by atoms with van der Waals surface area (Å²) in [7, 11) is -3.41. The highest BCUT2D eigenvalue weighted by Crippen LogP contribution is 2.13. The van der Waals surface area contributed by atoms with Crippen molar-refractivity contribution in [3.8, 4) is 0 Å². The van der Waals surface area contributed by atoms with Crippen molar-refractivity contribution in [2.24, 2.45) is 0 Å². The van der Waals surface area contributed by atoms with Gasteiger partial charge in [-0.05, 0) is 31.0 Å². The Bertz CT molecular complexity index is 657. The Kier molecular flexibility index (Phi) is 6.06. The fraction of sp³-hybridized carbons (Fsp3) is 0.533. The molecule has 1 amide bonds. The maximum atomic E-state index is 13.1. The molecule has 1 aliphatic rings. The van der Waals surface area contributed by atoms with Gasteiger partial charge in [0, 0.05) is 25.2 Å². The second kappa shape index (κ2) is 7.83. The van der Waals surface area contributed by atoms with Crippen molar-refractivity contribution in [3.63, 3.8) is 0 Å². The minimum Gasteiger partial charge on any atom is -0.351 e. The number of nitrogens with zero attached hydrogens (tertiary/aromatic N) is 1.